The van der Waals surface area contributed by atoms with Crippen LogP contribution < -0.4 is 16.6 Å². The molecule has 3 rings (SSSR count). The zero-order chi connectivity index (χ0) is 16.2. The zero-order valence-electron chi connectivity index (χ0n) is 12.3. The molecule has 1 aromatic heterocycles. The van der Waals surface area contributed by atoms with Crippen molar-refractivity contribution < 1.29 is 4.79 Å². The third-order valence-corrected chi connectivity index (χ3v) is 3.39. The molecule has 0 bridgehead atoms. The quantitative estimate of drug-likeness (QED) is 0.569. The van der Waals surface area contributed by atoms with E-state index in [0.717, 1.165) is 5.69 Å². The Morgan fingerprint density at radius 1 is 0.913 bits per heavy atom. The summed E-state index contributed by atoms with van der Waals surface area (Å²) in [6.07, 6.45) is 3.21. The van der Waals surface area contributed by atoms with Gasteiger partial charge in [0.15, 0.2) is 5.82 Å². The van der Waals surface area contributed by atoms with Crippen LogP contribution in [0.2, 0.25) is 0 Å². The molecule has 0 aliphatic carbocycles. The number of carbonyl (C=O) groups excluding carboxylic acids is 1. The van der Waals surface area contributed by atoms with E-state index < -0.39 is 5.91 Å². The Bertz CT molecular complexity index is 821. The number of amides is 1. The summed E-state index contributed by atoms with van der Waals surface area (Å²) in [4.78, 5) is 20.3. The molecule has 0 saturated heterocycles. The van der Waals surface area contributed by atoms with Crippen LogP contribution in [0.4, 0.5) is 11.4 Å². The maximum atomic E-state index is 11.8. The van der Waals surface area contributed by atoms with Crippen molar-refractivity contribution in [3.8, 4) is 11.4 Å². The van der Waals surface area contributed by atoms with Gasteiger partial charge >= 0.3 is 0 Å². The van der Waals surface area contributed by atoms with E-state index in [0.29, 0.717) is 22.6 Å². The van der Waals surface area contributed by atoms with E-state index in [4.69, 9.17) is 11.6 Å². The average Bonchev–Trinajstić information content (AvgIpc) is 2.62. The monoisotopic (exact) mass is 305 g/mol. The summed E-state index contributed by atoms with van der Waals surface area (Å²) in [7, 11) is 0. The van der Waals surface area contributed by atoms with Crippen LogP contribution in [0.5, 0.6) is 0 Å². The fraction of sp³-hybridized carbons (Fsp3) is 0. The number of carbonyl (C=O) groups is 1. The molecule has 1 heterocycles. The smallest absolute Gasteiger partial charge is 0.249 e. The largest absolute Gasteiger partial charge is 0.366 e. The minimum atomic E-state index is -0.559. The lowest BCUT2D eigenvalue weighted by atomic mass is 10.0. The first-order valence-corrected chi connectivity index (χ1v) is 6.98. The SMILES string of the molecule is NC(=O)c1cccc(N(N)c2ccccc2)c1-c1ncccn1. The number of primary amides is 1. The Labute approximate surface area is 133 Å². The van der Waals surface area contributed by atoms with E-state index in [1.165, 1.54) is 5.01 Å². The molecular weight excluding hydrogens is 290 g/mol. The van der Waals surface area contributed by atoms with Gasteiger partial charge in [-0.2, -0.15) is 0 Å². The molecule has 0 saturated carbocycles. The van der Waals surface area contributed by atoms with Crippen LogP contribution in [0.1, 0.15) is 10.4 Å². The third-order valence-electron chi connectivity index (χ3n) is 3.39. The number of aromatic nitrogens is 2. The van der Waals surface area contributed by atoms with Crippen molar-refractivity contribution >= 4 is 17.3 Å². The lowest BCUT2D eigenvalue weighted by Gasteiger charge is -2.22. The number of hydrogen-bond acceptors (Lipinski definition) is 5. The van der Waals surface area contributed by atoms with Crippen LogP contribution in [0.3, 0.4) is 0 Å². The fourth-order valence-electron chi connectivity index (χ4n) is 2.34. The average molecular weight is 305 g/mol. The molecule has 114 valence electrons. The fourth-order valence-corrected chi connectivity index (χ4v) is 2.34. The highest BCUT2D eigenvalue weighted by Crippen LogP contribution is 2.33. The molecule has 0 spiro atoms. The molecule has 6 heteroatoms. The van der Waals surface area contributed by atoms with Crippen molar-refractivity contribution in [2.45, 2.75) is 0 Å². The third kappa shape index (κ3) is 2.88. The Balaban J connectivity index is 2.21. The van der Waals surface area contributed by atoms with E-state index in [9.17, 15) is 4.79 Å². The summed E-state index contributed by atoms with van der Waals surface area (Å²) in [6, 6.07) is 16.3. The molecule has 1 amide bonds. The topological polar surface area (TPSA) is 98.1 Å². The number of benzene rings is 2. The number of rotatable bonds is 4. The van der Waals surface area contributed by atoms with Gasteiger partial charge in [-0.1, -0.05) is 24.3 Å². The van der Waals surface area contributed by atoms with Crippen LogP contribution in [0.15, 0.2) is 67.0 Å². The molecule has 3 aromatic rings. The molecule has 0 atom stereocenters. The van der Waals surface area contributed by atoms with Crippen molar-refractivity contribution in [1.29, 1.82) is 0 Å². The van der Waals surface area contributed by atoms with Gasteiger partial charge < -0.3 is 5.73 Å². The highest BCUT2D eigenvalue weighted by molar-refractivity contribution is 6.02. The second-order valence-electron chi connectivity index (χ2n) is 4.84. The van der Waals surface area contributed by atoms with Gasteiger partial charge in [0.05, 0.1) is 22.5 Å². The molecule has 0 aliphatic heterocycles. The first-order chi connectivity index (χ1) is 11.2. The van der Waals surface area contributed by atoms with Gasteiger partial charge in [0.25, 0.3) is 0 Å². The lowest BCUT2D eigenvalue weighted by Crippen LogP contribution is -2.26. The van der Waals surface area contributed by atoms with E-state index in [1.807, 2.05) is 30.3 Å². The lowest BCUT2D eigenvalue weighted by molar-refractivity contribution is 0.100. The van der Waals surface area contributed by atoms with Gasteiger partial charge in [-0.3, -0.25) is 9.80 Å². The minimum absolute atomic E-state index is 0.320. The normalized spacial score (nSPS) is 10.3. The maximum Gasteiger partial charge on any atom is 0.249 e. The summed E-state index contributed by atoms with van der Waals surface area (Å²) in [5.41, 5.74) is 7.70. The Hall–Kier alpha value is -3.25. The maximum absolute atomic E-state index is 11.8. The first-order valence-electron chi connectivity index (χ1n) is 6.98. The van der Waals surface area contributed by atoms with E-state index in [-0.39, 0.29) is 0 Å². The highest BCUT2D eigenvalue weighted by atomic mass is 16.1. The second kappa shape index (κ2) is 6.25. The van der Waals surface area contributed by atoms with E-state index in [2.05, 4.69) is 9.97 Å². The van der Waals surface area contributed by atoms with E-state index in [1.54, 1.807) is 36.7 Å². The van der Waals surface area contributed by atoms with Crippen LogP contribution in [0.25, 0.3) is 11.4 Å². The molecule has 0 unspecified atom stereocenters. The molecule has 0 aliphatic rings. The molecule has 23 heavy (non-hydrogen) atoms. The van der Waals surface area contributed by atoms with Gasteiger partial charge in [0, 0.05) is 12.4 Å². The molecule has 0 fully saturated rings. The van der Waals surface area contributed by atoms with Crippen molar-refractivity contribution in [3.05, 3.63) is 72.6 Å². The molecule has 2 aromatic carbocycles. The van der Waals surface area contributed by atoms with Crippen molar-refractivity contribution in [2.24, 2.45) is 11.6 Å². The molecular formula is C17H15N5O. The predicted octanol–water partition coefficient (Wildman–Crippen LogP) is 2.25. The van der Waals surface area contributed by atoms with Crippen molar-refractivity contribution in [3.63, 3.8) is 0 Å². The molecule has 6 nitrogen and oxygen atoms in total. The summed E-state index contributed by atoms with van der Waals surface area (Å²) in [5, 5.41) is 1.48. The Morgan fingerprint density at radius 3 is 2.26 bits per heavy atom. The number of nitrogens with zero attached hydrogens (tertiary/aromatic N) is 3. The Morgan fingerprint density at radius 2 is 1.61 bits per heavy atom. The van der Waals surface area contributed by atoms with Gasteiger partial charge in [-0.15, -0.1) is 0 Å². The Kier molecular flexibility index (Phi) is 3.99. The minimum Gasteiger partial charge on any atom is -0.366 e. The summed E-state index contributed by atoms with van der Waals surface area (Å²) >= 11 is 0. The van der Waals surface area contributed by atoms with Gasteiger partial charge in [0.2, 0.25) is 5.91 Å². The second-order valence-corrected chi connectivity index (χ2v) is 4.84. The highest BCUT2D eigenvalue weighted by Gasteiger charge is 2.19. The van der Waals surface area contributed by atoms with Crippen molar-refractivity contribution in [2.75, 3.05) is 5.01 Å². The van der Waals surface area contributed by atoms with Crippen molar-refractivity contribution in [1.82, 2.24) is 9.97 Å². The number of nitrogens with two attached hydrogens (primary N) is 2. The van der Waals surface area contributed by atoms with Crippen LogP contribution >= 0.6 is 0 Å². The zero-order valence-corrected chi connectivity index (χ0v) is 12.3. The summed E-state index contributed by atoms with van der Waals surface area (Å²) < 4.78 is 0. The summed E-state index contributed by atoms with van der Waals surface area (Å²) in [6.45, 7) is 0. The number of hydrogen-bond donors (Lipinski definition) is 2. The number of anilines is 2. The van der Waals surface area contributed by atoms with Gasteiger partial charge in [0.1, 0.15) is 0 Å². The molecule has 4 N–H and O–H groups in total. The van der Waals surface area contributed by atoms with Crippen LogP contribution in [-0.2, 0) is 0 Å². The number of hydrazine groups is 1. The van der Waals surface area contributed by atoms with E-state index >= 15 is 0 Å². The summed E-state index contributed by atoms with van der Waals surface area (Å²) in [5.74, 6) is 6.08. The number of para-hydroxylation sites is 1. The van der Waals surface area contributed by atoms with Crippen LogP contribution in [0, 0.1) is 0 Å². The van der Waals surface area contributed by atoms with Gasteiger partial charge in [-0.05, 0) is 30.3 Å². The first kappa shape index (κ1) is 14.7. The molecule has 0 radical (unpaired) electrons. The predicted molar refractivity (Wildman–Crippen MR) is 88.8 cm³/mol. The van der Waals surface area contributed by atoms with Gasteiger partial charge in [-0.25, -0.2) is 15.8 Å². The standard InChI is InChI=1S/C17H15N5O/c18-16(23)13-8-4-9-14(15(13)17-20-10-5-11-21-17)22(19)12-6-2-1-3-7-12/h1-11H,19H2,(H2,18,23). The van der Waals surface area contributed by atoms with Crippen LogP contribution in [-0.4, -0.2) is 15.9 Å².